The van der Waals surface area contributed by atoms with Crippen LogP contribution in [-0.4, -0.2) is 15.5 Å². The number of ether oxygens (including phenoxy) is 1. The van der Waals surface area contributed by atoms with E-state index in [2.05, 4.69) is 4.72 Å². The van der Waals surface area contributed by atoms with Crippen LogP contribution in [0.2, 0.25) is 0 Å². The van der Waals surface area contributed by atoms with Crippen LogP contribution in [0.5, 0.6) is 5.75 Å². The van der Waals surface area contributed by atoms with Gasteiger partial charge in [-0.05, 0) is 30.3 Å². The SMILES string of the molecule is COc1cc(F)ccc1NS(=O)(=O)c1ccc(F)c(N)c1. The second-order valence-electron chi connectivity index (χ2n) is 4.13. The second kappa shape index (κ2) is 5.57. The van der Waals surface area contributed by atoms with E-state index in [4.69, 9.17) is 10.5 Å². The molecule has 2 aromatic carbocycles. The third kappa shape index (κ3) is 3.22. The smallest absolute Gasteiger partial charge is 0.262 e. The standard InChI is InChI=1S/C13H12F2N2O3S/c1-20-13-6-8(14)2-5-12(13)17-21(18,19)9-3-4-10(15)11(16)7-9/h2-7,17H,16H2,1H3. The predicted octanol–water partition coefficient (Wildman–Crippen LogP) is 2.36. The summed E-state index contributed by atoms with van der Waals surface area (Å²) in [6.45, 7) is 0. The van der Waals surface area contributed by atoms with Crippen LogP contribution in [-0.2, 0) is 10.0 Å². The molecule has 0 aromatic heterocycles. The number of hydrogen-bond donors (Lipinski definition) is 2. The summed E-state index contributed by atoms with van der Waals surface area (Å²) in [5, 5.41) is 0. The Morgan fingerprint density at radius 3 is 2.48 bits per heavy atom. The van der Waals surface area contributed by atoms with Gasteiger partial charge in [-0.15, -0.1) is 0 Å². The molecule has 2 aromatic rings. The number of nitrogens with one attached hydrogen (secondary N) is 1. The Hall–Kier alpha value is -2.35. The molecule has 0 saturated carbocycles. The molecular formula is C13H12F2N2O3S. The summed E-state index contributed by atoms with van der Waals surface area (Å²) in [7, 11) is -2.72. The summed E-state index contributed by atoms with van der Waals surface area (Å²) in [4.78, 5) is -0.215. The van der Waals surface area contributed by atoms with Crippen molar-refractivity contribution < 1.29 is 21.9 Å². The van der Waals surface area contributed by atoms with Gasteiger partial charge in [-0.3, -0.25) is 4.72 Å². The first-order valence-corrected chi connectivity index (χ1v) is 7.23. The topological polar surface area (TPSA) is 81.4 Å². The van der Waals surface area contributed by atoms with Gasteiger partial charge in [-0.25, -0.2) is 17.2 Å². The van der Waals surface area contributed by atoms with E-state index in [0.717, 1.165) is 30.3 Å². The summed E-state index contributed by atoms with van der Waals surface area (Å²) in [6, 6.07) is 6.36. The molecule has 0 unspecified atom stereocenters. The van der Waals surface area contributed by atoms with E-state index in [9.17, 15) is 17.2 Å². The van der Waals surface area contributed by atoms with E-state index >= 15 is 0 Å². The maximum Gasteiger partial charge on any atom is 0.262 e. The zero-order chi connectivity index (χ0) is 15.6. The molecule has 0 aliphatic carbocycles. The molecule has 0 heterocycles. The maximum absolute atomic E-state index is 13.1. The van der Waals surface area contributed by atoms with E-state index < -0.39 is 21.7 Å². The van der Waals surface area contributed by atoms with Crippen molar-refractivity contribution in [1.82, 2.24) is 0 Å². The lowest BCUT2D eigenvalue weighted by molar-refractivity contribution is 0.413. The number of anilines is 2. The lowest BCUT2D eigenvalue weighted by Crippen LogP contribution is -2.14. The Morgan fingerprint density at radius 1 is 1.14 bits per heavy atom. The highest BCUT2D eigenvalue weighted by Crippen LogP contribution is 2.28. The lowest BCUT2D eigenvalue weighted by Gasteiger charge is -2.12. The number of rotatable bonds is 4. The summed E-state index contributed by atoms with van der Waals surface area (Å²) in [6.07, 6.45) is 0. The van der Waals surface area contributed by atoms with Crippen LogP contribution in [0.15, 0.2) is 41.3 Å². The summed E-state index contributed by atoms with van der Waals surface area (Å²) in [5.41, 5.74) is 5.11. The van der Waals surface area contributed by atoms with Gasteiger partial charge in [-0.1, -0.05) is 0 Å². The van der Waals surface area contributed by atoms with E-state index in [-0.39, 0.29) is 22.0 Å². The molecule has 0 radical (unpaired) electrons. The van der Waals surface area contributed by atoms with Gasteiger partial charge in [0.2, 0.25) is 0 Å². The molecular weight excluding hydrogens is 302 g/mol. The molecule has 21 heavy (non-hydrogen) atoms. The largest absolute Gasteiger partial charge is 0.494 e. The van der Waals surface area contributed by atoms with Gasteiger partial charge in [0.25, 0.3) is 10.0 Å². The molecule has 2 rings (SSSR count). The number of benzene rings is 2. The lowest BCUT2D eigenvalue weighted by atomic mass is 10.3. The fourth-order valence-corrected chi connectivity index (χ4v) is 2.75. The highest BCUT2D eigenvalue weighted by Gasteiger charge is 2.18. The van der Waals surface area contributed by atoms with Gasteiger partial charge in [0.05, 0.1) is 23.4 Å². The fraction of sp³-hybridized carbons (Fsp3) is 0.0769. The zero-order valence-electron chi connectivity index (χ0n) is 10.9. The third-order valence-electron chi connectivity index (χ3n) is 2.69. The zero-order valence-corrected chi connectivity index (χ0v) is 11.7. The van der Waals surface area contributed by atoms with Crippen LogP contribution in [0, 0.1) is 11.6 Å². The van der Waals surface area contributed by atoms with Crippen molar-refractivity contribution in [1.29, 1.82) is 0 Å². The van der Waals surface area contributed by atoms with Crippen molar-refractivity contribution in [2.24, 2.45) is 0 Å². The number of halogens is 2. The Labute approximate surface area is 120 Å². The van der Waals surface area contributed by atoms with Gasteiger partial charge in [-0.2, -0.15) is 0 Å². The minimum Gasteiger partial charge on any atom is -0.494 e. The number of nitrogen functional groups attached to an aromatic ring is 1. The van der Waals surface area contributed by atoms with Crippen molar-refractivity contribution in [3.63, 3.8) is 0 Å². The first-order valence-electron chi connectivity index (χ1n) is 5.75. The number of nitrogens with two attached hydrogens (primary N) is 1. The molecule has 0 bridgehead atoms. The first-order chi connectivity index (χ1) is 9.83. The van der Waals surface area contributed by atoms with Gasteiger partial charge in [0, 0.05) is 6.07 Å². The number of sulfonamides is 1. The van der Waals surface area contributed by atoms with Crippen molar-refractivity contribution in [2.75, 3.05) is 17.6 Å². The van der Waals surface area contributed by atoms with Crippen molar-refractivity contribution in [2.45, 2.75) is 4.90 Å². The third-order valence-corrected chi connectivity index (χ3v) is 4.05. The quantitative estimate of drug-likeness (QED) is 0.849. The maximum atomic E-state index is 13.1. The van der Waals surface area contributed by atoms with Crippen molar-refractivity contribution in [3.8, 4) is 5.75 Å². The Morgan fingerprint density at radius 2 is 1.86 bits per heavy atom. The van der Waals surface area contributed by atoms with Crippen LogP contribution in [0.25, 0.3) is 0 Å². The molecule has 0 saturated heterocycles. The minimum absolute atomic E-state index is 0.0219. The van der Waals surface area contributed by atoms with E-state index in [0.29, 0.717) is 0 Å². The average molecular weight is 314 g/mol. The van der Waals surface area contributed by atoms with Crippen LogP contribution in [0.4, 0.5) is 20.2 Å². The molecule has 8 heteroatoms. The van der Waals surface area contributed by atoms with Crippen LogP contribution in [0.1, 0.15) is 0 Å². The highest BCUT2D eigenvalue weighted by atomic mass is 32.2. The molecule has 0 fully saturated rings. The molecule has 0 atom stereocenters. The van der Waals surface area contributed by atoms with Gasteiger partial charge in [0.15, 0.2) is 0 Å². The van der Waals surface area contributed by atoms with Gasteiger partial charge in [0.1, 0.15) is 17.4 Å². The van der Waals surface area contributed by atoms with Crippen LogP contribution >= 0.6 is 0 Å². The minimum atomic E-state index is -4.00. The molecule has 3 N–H and O–H groups in total. The Bertz CT molecular complexity index is 779. The molecule has 5 nitrogen and oxygen atoms in total. The van der Waals surface area contributed by atoms with E-state index in [1.807, 2.05) is 0 Å². The fourth-order valence-electron chi connectivity index (χ4n) is 1.64. The average Bonchev–Trinajstić information content (AvgIpc) is 2.43. The second-order valence-corrected chi connectivity index (χ2v) is 5.82. The molecule has 0 spiro atoms. The summed E-state index contributed by atoms with van der Waals surface area (Å²) in [5.74, 6) is -1.26. The van der Waals surface area contributed by atoms with E-state index in [1.54, 1.807) is 0 Å². The van der Waals surface area contributed by atoms with Crippen LogP contribution < -0.4 is 15.2 Å². The van der Waals surface area contributed by atoms with Crippen molar-refractivity contribution in [3.05, 3.63) is 48.0 Å². The number of hydrogen-bond acceptors (Lipinski definition) is 4. The van der Waals surface area contributed by atoms with Crippen molar-refractivity contribution >= 4 is 21.4 Å². The molecule has 0 aliphatic heterocycles. The molecule has 0 aliphatic rings. The normalized spacial score (nSPS) is 11.2. The van der Waals surface area contributed by atoms with Crippen LogP contribution in [0.3, 0.4) is 0 Å². The first kappa shape index (κ1) is 15.0. The number of methoxy groups -OCH3 is 1. The van der Waals surface area contributed by atoms with Gasteiger partial charge >= 0.3 is 0 Å². The predicted molar refractivity (Wildman–Crippen MR) is 74.6 cm³/mol. The monoisotopic (exact) mass is 314 g/mol. The summed E-state index contributed by atoms with van der Waals surface area (Å²) < 4.78 is 57.6. The van der Waals surface area contributed by atoms with Gasteiger partial charge < -0.3 is 10.5 Å². The highest BCUT2D eigenvalue weighted by molar-refractivity contribution is 7.92. The van der Waals surface area contributed by atoms with E-state index in [1.165, 1.54) is 13.2 Å². The Balaban J connectivity index is 2.39. The summed E-state index contributed by atoms with van der Waals surface area (Å²) >= 11 is 0. The molecule has 0 amide bonds. The molecule has 112 valence electrons. The Kier molecular flexibility index (Phi) is 3.99.